The van der Waals surface area contributed by atoms with Gasteiger partial charge in [-0.3, -0.25) is 19.1 Å². The largest absolute Gasteiger partial charge is 0.507 e. The van der Waals surface area contributed by atoms with Crippen molar-refractivity contribution in [3.8, 4) is 146 Å². The molecule has 0 unspecified atom stereocenters. The van der Waals surface area contributed by atoms with Crippen LogP contribution < -0.4 is 0 Å². The summed E-state index contributed by atoms with van der Waals surface area (Å²) in [7, 11) is 0. The van der Waals surface area contributed by atoms with Gasteiger partial charge in [-0.15, -0.1) is 58.7 Å². The molecule has 17 rings (SSSR count). The number of imidazole rings is 2. The van der Waals surface area contributed by atoms with Crippen molar-refractivity contribution in [1.82, 2.24) is 29.1 Å². The molecule has 0 saturated heterocycles. The van der Waals surface area contributed by atoms with Crippen LogP contribution in [-0.4, -0.2) is 39.3 Å². The van der Waals surface area contributed by atoms with Crippen molar-refractivity contribution >= 4 is 22.1 Å². The van der Waals surface area contributed by atoms with Crippen LogP contribution in [0, 0.1) is 46.5 Å². The van der Waals surface area contributed by atoms with Gasteiger partial charge < -0.3 is 10.2 Å². The molecular weight excluding hydrogens is 1920 g/mol. The fourth-order valence-corrected chi connectivity index (χ4v) is 16.6. The van der Waals surface area contributed by atoms with Gasteiger partial charge in [-0.2, -0.15) is 0 Å². The smallest absolute Gasteiger partial charge is 0.148 e. The number of fused-ring (bicyclic) bond motifs is 2. The molecule has 4 aromatic heterocycles. The molecule has 0 aliphatic heterocycles. The molecular formula is C118H116N6O2Pt2-2. The summed E-state index contributed by atoms with van der Waals surface area (Å²) in [5, 5.41) is 24.7. The van der Waals surface area contributed by atoms with E-state index in [0.717, 1.165) is 94.7 Å². The third kappa shape index (κ3) is 18.9. The first kappa shape index (κ1) is 71.1. The molecule has 17 aromatic rings. The normalized spacial score (nSPS) is 14.4. The molecule has 10 heteroatoms. The third-order valence-corrected chi connectivity index (χ3v) is 23.3. The average molecular weight is 2060 g/mol. The van der Waals surface area contributed by atoms with Gasteiger partial charge in [0.2, 0.25) is 0 Å². The Labute approximate surface area is 812 Å². The fourth-order valence-electron chi connectivity index (χ4n) is 16.6. The molecule has 0 spiro atoms. The first-order chi connectivity index (χ1) is 67.1. The number of aromatic hydroxyl groups is 2. The summed E-state index contributed by atoms with van der Waals surface area (Å²) in [6, 6.07) is 75.3. The molecule has 13 aromatic carbocycles. The number of nitrogens with zero attached hydrogens (tertiary/aromatic N) is 6. The monoisotopic (exact) mass is 2060 g/mol. The molecule has 0 fully saturated rings. The van der Waals surface area contributed by atoms with E-state index in [9.17, 15) is 14.3 Å². The van der Waals surface area contributed by atoms with Crippen molar-refractivity contribution < 1.29 is 77.0 Å². The topological polar surface area (TPSA) is 102 Å². The fraction of sp³-hybridized carbons (Fsp3) is 0.237. The van der Waals surface area contributed by atoms with Crippen molar-refractivity contribution in [2.75, 3.05) is 0 Å². The second-order valence-electron chi connectivity index (χ2n) is 38.2. The molecule has 0 amide bonds. The van der Waals surface area contributed by atoms with Gasteiger partial charge in [-0.05, 0) is 206 Å². The van der Waals surface area contributed by atoms with Crippen molar-refractivity contribution in [2.24, 2.45) is 0 Å². The Kier molecular flexibility index (Phi) is 20.2. The van der Waals surface area contributed by atoms with E-state index in [1.165, 1.54) is 12.4 Å². The van der Waals surface area contributed by atoms with E-state index in [-0.39, 0.29) is 86.6 Å². The molecule has 652 valence electrons. The van der Waals surface area contributed by atoms with Crippen LogP contribution in [0.5, 0.6) is 11.5 Å². The van der Waals surface area contributed by atoms with Crippen LogP contribution in [-0.2, 0) is 69.2 Å². The summed E-state index contributed by atoms with van der Waals surface area (Å²) < 4.78 is 158. The Morgan fingerprint density at radius 1 is 0.352 bits per heavy atom. The van der Waals surface area contributed by atoms with Gasteiger partial charge in [0, 0.05) is 96.3 Å². The number of pyridine rings is 2. The summed E-state index contributed by atoms with van der Waals surface area (Å²) in [5.41, 5.74) is 19.7. The van der Waals surface area contributed by atoms with Gasteiger partial charge >= 0.3 is 0 Å². The van der Waals surface area contributed by atoms with E-state index >= 15 is 0 Å². The Morgan fingerprint density at radius 2 is 0.773 bits per heavy atom. The summed E-state index contributed by atoms with van der Waals surface area (Å²) in [6.45, 7) is 30.8. The van der Waals surface area contributed by atoms with Crippen LogP contribution in [0.25, 0.3) is 157 Å². The maximum absolute atomic E-state index is 12.4. The zero-order valence-corrected chi connectivity index (χ0v) is 80.3. The Hall–Kier alpha value is -11.9. The van der Waals surface area contributed by atoms with Gasteiger partial charge in [0.15, 0.2) is 0 Å². The van der Waals surface area contributed by atoms with Crippen molar-refractivity contribution in [2.45, 2.75) is 185 Å². The molecule has 0 atom stereocenters. The average Bonchev–Trinajstić information content (AvgIpc) is 1.56. The number of benzene rings is 13. The number of hydrogen-bond acceptors (Lipinski definition) is 6. The van der Waals surface area contributed by atoms with Crippen LogP contribution >= 0.6 is 0 Å². The van der Waals surface area contributed by atoms with E-state index in [4.69, 9.17) is 40.5 Å². The Balaban J connectivity index is 0.000000230. The van der Waals surface area contributed by atoms with Crippen LogP contribution in [0.3, 0.4) is 0 Å². The first-order valence-corrected chi connectivity index (χ1v) is 42.7. The summed E-state index contributed by atoms with van der Waals surface area (Å²) in [4.78, 5) is 20.4. The van der Waals surface area contributed by atoms with Crippen molar-refractivity contribution in [3.63, 3.8) is 0 Å². The molecule has 4 heterocycles. The number of hydrogen-bond donors (Lipinski definition) is 2. The maximum atomic E-state index is 12.4. The van der Waals surface area contributed by atoms with Gasteiger partial charge in [0.05, 0.1) is 55.5 Å². The standard InChI is InChI=1S/C63H62N3O.C55H54N3O.2Pt/c1-39-24-26-42(27-25-39)44-30-31-64-54(38-44)47-35-46(36-48(37-47)61(4,5)6)50-21-17-23-56-58(50)65-60(51-32-40(2)33-53(59(51)67)63(10,11)12)66(56)55-29-28-45(34-41(55)3)57-49(43-18-14-13-15-19-43)20-16-22-52(57)62(7,8)9;1-34(2)39-23-24-49(45(32-39)38-15-12-11-13-16-38)58-50-18-14-17-44(51(50)57-53(58)46-27-36(4)28-47(52(46)59)55(8,9)10)41-29-42(31-43(30-41)54(5,6)7)48-33-40(25-26-56-48)37-21-19-35(3)20-22-37;;/h13-34,36-38,67H,1-12H3;11-28,30-34,59H,1-10H3;;/q2*-1;;/i1D3,3D3,24D,25D,26D,27D;3D3,19D,20D,21D,22D,34D;;. The van der Waals surface area contributed by atoms with Crippen LogP contribution in [0.15, 0.2) is 285 Å². The van der Waals surface area contributed by atoms with Crippen LogP contribution in [0.4, 0.5) is 0 Å². The number of aryl methyl sites for hydroxylation is 3. The second kappa shape index (κ2) is 36.3. The van der Waals surface area contributed by atoms with Gasteiger partial charge in [-0.1, -0.05) is 339 Å². The van der Waals surface area contributed by atoms with Crippen molar-refractivity contribution in [1.29, 1.82) is 0 Å². The maximum Gasteiger partial charge on any atom is 0.148 e. The molecule has 0 aliphatic rings. The quantitative estimate of drug-likeness (QED) is 0.105. The minimum absolute atomic E-state index is 0. The molecule has 128 heavy (non-hydrogen) atoms. The Bertz CT molecular complexity index is 7920. The van der Waals surface area contributed by atoms with Gasteiger partial charge in [0.1, 0.15) is 23.1 Å². The number of rotatable bonds is 14. The minimum atomic E-state index is -2.86. The number of aromatic nitrogens is 6. The zero-order chi connectivity index (χ0) is 105. The molecule has 2 N–H and O–H groups in total. The molecule has 0 aliphatic carbocycles. The predicted molar refractivity (Wildman–Crippen MR) is 530 cm³/mol. The van der Waals surface area contributed by atoms with Gasteiger partial charge in [-0.25, -0.2) is 9.97 Å². The molecule has 0 saturated carbocycles. The number of phenols is 2. The number of phenolic OH excluding ortho intramolecular Hbond substituents is 2. The van der Waals surface area contributed by atoms with E-state index in [1.54, 1.807) is 30.3 Å². The van der Waals surface area contributed by atoms with Gasteiger partial charge in [0.25, 0.3) is 0 Å². The first-order valence-electron chi connectivity index (χ1n) is 51.7. The third-order valence-electron chi connectivity index (χ3n) is 23.3. The van der Waals surface area contributed by atoms with E-state index < -0.39 is 96.7 Å². The summed E-state index contributed by atoms with van der Waals surface area (Å²) in [6.07, 6.45) is 3.05. The number of para-hydroxylation sites is 2. The second-order valence-corrected chi connectivity index (χ2v) is 38.2. The zero-order valence-electron chi connectivity index (χ0n) is 93.7. The molecule has 0 radical (unpaired) electrons. The van der Waals surface area contributed by atoms with Crippen molar-refractivity contribution in [3.05, 3.63) is 359 Å². The van der Waals surface area contributed by atoms with E-state index in [1.807, 2.05) is 199 Å². The van der Waals surface area contributed by atoms with E-state index in [2.05, 4.69) is 148 Å². The predicted octanol–water partition coefficient (Wildman–Crippen LogP) is 31.3. The molecule has 8 nitrogen and oxygen atoms in total. The minimum Gasteiger partial charge on any atom is -0.507 e. The Morgan fingerprint density at radius 3 is 1.20 bits per heavy atom. The van der Waals surface area contributed by atoms with Crippen LogP contribution in [0.2, 0.25) is 0 Å². The molecule has 0 bridgehead atoms. The SMILES string of the molecule is [2H]c1c([2H])c(C([2H])([2H])[2H])c([2H])c([2H])c1-c1ccnc(-c2[c-]c(-c3cccc4c3nc(-c3cc(C)cc(C(C)(C)C)c3O)n4-c3ccc(-c4c(-c5ccccc5)cccc4C(C)(C)C)cc3C([2H])([2H])[2H])cc(C(C)(C)C)c2)c1.[2H]c1c([2H])c(C([2H])([2H])[2H])c([2H])c([2H])c1-c1ccnc(-c2[c-]c(-c3cccc4c3nc(-c3cc(C)cc(C(C)(C)C)c3O)n4-c3ccc(C([2H])(C)C)cc3-c3ccccc3)cc(C(C)(C)C)c2)c1.[Pt].[Pt]. The van der Waals surface area contributed by atoms with Crippen LogP contribution in [0.1, 0.15) is 209 Å². The summed E-state index contributed by atoms with van der Waals surface area (Å²) >= 11 is 0. The van der Waals surface area contributed by atoms with E-state index in [0.29, 0.717) is 95.3 Å². The summed E-state index contributed by atoms with van der Waals surface area (Å²) in [5.74, 6) is 0.173.